The molecule has 4 nitrogen and oxygen atoms in total. The molecule has 21 heavy (non-hydrogen) atoms. The van der Waals surface area contributed by atoms with Gasteiger partial charge in [-0.25, -0.2) is 0 Å². The summed E-state index contributed by atoms with van der Waals surface area (Å²) < 4.78 is 0. The Hall–Kier alpha value is -1.55. The number of hydrogen-bond donors (Lipinski definition) is 1. The van der Waals surface area contributed by atoms with Crippen molar-refractivity contribution in [2.75, 3.05) is 32.1 Å². The van der Waals surface area contributed by atoms with E-state index in [2.05, 4.69) is 41.4 Å². The van der Waals surface area contributed by atoms with Crippen LogP contribution in [0.15, 0.2) is 24.3 Å². The summed E-state index contributed by atoms with van der Waals surface area (Å²) in [6.07, 6.45) is 3.62. The minimum Gasteiger partial charge on any atom is -0.362 e. The third-order valence-corrected chi connectivity index (χ3v) is 3.81. The van der Waals surface area contributed by atoms with Crippen molar-refractivity contribution >= 4 is 11.6 Å². The Balaban J connectivity index is 2.11. The SMILES string of the molecule is CCCN(CC(=O)N(C)C)c1ccccc1CNC1CC1. The Labute approximate surface area is 128 Å². The predicted molar refractivity (Wildman–Crippen MR) is 87.5 cm³/mol. The molecule has 0 aliphatic heterocycles. The quantitative estimate of drug-likeness (QED) is 0.797. The third kappa shape index (κ3) is 4.74. The lowest BCUT2D eigenvalue weighted by Crippen LogP contribution is -2.37. The molecule has 4 heteroatoms. The van der Waals surface area contributed by atoms with Crippen molar-refractivity contribution in [2.24, 2.45) is 0 Å². The van der Waals surface area contributed by atoms with E-state index in [4.69, 9.17) is 0 Å². The molecule has 2 rings (SSSR count). The summed E-state index contributed by atoms with van der Waals surface area (Å²) in [5.74, 6) is 0.147. The Kier molecular flexibility index (Phi) is 5.62. The molecule has 1 fully saturated rings. The molecule has 0 radical (unpaired) electrons. The number of anilines is 1. The van der Waals surface area contributed by atoms with Crippen molar-refractivity contribution in [1.29, 1.82) is 0 Å². The maximum atomic E-state index is 12.1. The van der Waals surface area contributed by atoms with E-state index in [1.807, 2.05) is 14.1 Å². The summed E-state index contributed by atoms with van der Waals surface area (Å²) in [5.41, 5.74) is 2.46. The summed E-state index contributed by atoms with van der Waals surface area (Å²) in [6, 6.07) is 9.11. The van der Waals surface area contributed by atoms with Crippen molar-refractivity contribution in [3.63, 3.8) is 0 Å². The number of nitrogens with one attached hydrogen (secondary N) is 1. The molecule has 1 aromatic rings. The number of amides is 1. The molecule has 1 aliphatic carbocycles. The first kappa shape index (κ1) is 15.8. The van der Waals surface area contributed by atoms with E-state index in [1.165, 1.54) is 24.1 Å². The highest BCUT2D eigenvalue weighted by molar-refractivity contribution is 5.81. The average Bonchev–Trinajstić information content (AvgIpc) is 3.29. The van der Waals surface area contributed by atoms with Gasteiger partial charge in [0.2, 0.25) is 5.91 Å². The predicted octanol–water partition coefficient (Wildman–Crippen LogP) is 2.24. The van der Waals surface area contributed by atoms with Crippen LogP contribution in [0.4, 0.5) is 5.69 Å². The largest absolute Gasteiger partial charge is 0.362 e. The number of benzene rings is 1. The van der Waals surface area contributed by atoms with Crippen LogP contribution in [0.2, 0.25) is 0 Å². The topological polar surface area (TPSA) is 35.6 Å². The fourth-order valence-electron chi connectivity index (χ4n) is 2.37. The average molecular weight is 289 g/mol. The molecule has 1 N–H and O–H groups in total. The maximum Gasteiger partial charge on any atom is 0.241 e. The molecule has 1 amide bonds. The van der Waals surface area contributed by atoms with Crippen LogP contribution in [0.25, 0.3) is 0 Å². The molecule has 1 aromatic carbocycles. The molecule has 1 aliphatic rings. The zero-order chi connectivity index (χ0) is 15.2. The van der Waals surface area contributed by atoms with E-state index in [9.17, 15) is 4.79 Å². The van der Waals surface area contributed by atoms with Crippen LogP contribution in [-0.2, 0) is 11.3 Å². The van der Waals surface area contributed by atoms with Gasteiger partial charge in [0.05, 0.1) is 6.54 Å². The molecule has 0 bridgehead atoms. The standard InChI is InChI=1S/C17H27N3O/c1-4-11-20(13-17(21)19(2)3)16-8-6-5-7-14(16)12-18-15-9-10-15/h5-8,15,18H,4,9-13H2,1-3H3. The number of carbonyl (C=O) groups is 1. The second kappa shape index (κ2) is 7.46. The first-order valence-corrected chi connectivity index (χ1v) is 7.88. The fourth-order valence-corrected chi connectivity index (χ4v) is 2.37. The molecule has 0 spiro atoms. The normalized spacial score (nSPS) is 14.0. The van der Waals surface area contributed by atoms with Gasteiger partial charge in [0.1, 0.15) is 0 Å². The van der Waals surface area contributed by atoms with Gasteiger partial charge in [0, 0.05) is 38.9 Å². The van der Waals surface area contributed by atoms with Gasteiger partial charge in [0.15, 0.2) is 0 Å². The van der Waals surface area contributed by atoms with Crippen molar-refractivity contribution in [1.82, 2.24) is 10.2 Å². The minimum atomic E-state index is 0.147. The van der Waals surface area contributed by atoms with Gasteiger partial charge in [0.25, 0.3) is 0 Å². The van der Waals surface area contributed by atoms with E-state index < -0.39 is 0 Å². The van der Waals surface area contributed by atoms with Gasteiger partial charge < -0.3 is 15.1 Å². The van der Waals surface area contributed by atoms with Crippen LogP contribution in [0, 0.1) is 0 Å². The number of carbonyl (C=O) groups excluding carboxylic acids is 1. The van der Waals surface area contributed by atoms with E-state index in [-0.39, 0.29) is 5.91 Å². The van der Waals surface area contributed by atoms with E-state index in [1.54, 1.807) is 4.90 Å². The van der Waals surface area contributed by atoms with Crippen molar-refractivity contribution in [3.05, 3.63) is 29.8 Å². The summed E-state index contributed by atoms with van der Waals surface area (Å²) in [7, 11) is 3.63. The highest BCUT2D eigenvalue weighted by atomic mass is 16.2. The first-order chi connectivity index (χ1) is 10.1. The molecule has 116 valence electrons. The summed E-state index contributed by atoms with van der Waals surface area (Å²) in [5, 5.41) is 3.56. The molecular weight excluding hydrogens is 262 g/mol. The molecular formula is C17H27N3O. The Morgan fingerprint density at radius 1 is 1.29 bits per heavy atom. The minimum absolute atomic E-state index is 0.147. The monoisotopic (exact) mass is 289 g/mol. The zero-order valence-electron chi connectivity index (χ0n) is 13.4. The van der Waals surface area contributed by atoms with Crippen LogP contribution in [-0.4, -0.2) is 44.0 Å². The third-order valence-electron chi connectivity index (χ3n) is 3.81. The molecule has 0 aromatic heterocycles. The van der Waals surface area contributed by atoms with Crippen LogP contribution >= 0.6 is 0 Å². The van der Waals surface area contributed by atoms with E-state index in [0.29, 0.717) is 12.6 Å². The molecule has 0 unspecified atom stereocenters. The highest BCUT2D eigenvalue weighted by Crippen LogP contribution is 2.24. The zero-order valence-corrected chi connectivity index (χ0v) is 13.4. The maximum absolute atomic E-state index is 12.1. The highest BCUT2D eigenvalue weighted by Gasteiger charge is 2.21. The summed E-state index contributed by atoms with van der Waals surface area (Å²) in [6.45, 7) is 4.39. The Bertz CT molecular complexity index is 469. The van der Waals surface area contributed by atoms with Crippen LogP contribution < -0.4 is 10.2 Å². The number of rotatable bonds is 8. The van der Waals surface area contributed by atoms with Gasteiger partial charge in [-0.15, -0.1) is 0 Å². The second-order valence-corrected chi connectivity index (χ2v) is 5.99. The van der Waals surface area contributed by atoms with Crippen molar-refractivity contribution in [3.8, 4) is 0 Å². The molecule has 1 saturated carbocycles. The fraction of sp³-hybridized carbons (Fsp3) is 0.588. The number of hydrogen-bond acceptors (Lipinski definition) is 3. The van der Waals surface area contributed by atoms with Crippen LogP contribution in [0.1, 0.15) is 31.7 Å². The van der Waals surface area contributed by atoms with Crippen LogP contribution in [0.3, 0.4) is 0 Å². The lowest BCUT2D eigenvalue weighted by atomic mass is 10.1. The van der Waals surface area contributed by atoms with Gasteiger partial charge in [-0.1, -0.05) is 25.1 Å². The van der Waals surface area contributed by atoms with Gasteiger partial charge in [-0.05, 0) is 30.9 Å². The number of nitrogens with zero attached hydrogens (tertiary/aromatic N) is 2. The molecule has 0 heterocycles. The summed E-state index contributed by atoms with van der Waals surface area (Å²) in [4.78, 5) is 15.9. The molecule has 0 atom stereocenters. The molecule has 0 saturated heterocycles. The van der Waals surface area contributed by atoms with Crippen LogP contribution in [0.5, 0.6) is 0 Å². The van der Waals surface area contributed by atoms with Gasteiger partial charge >= 0.3 is 0 Å². The van der Waals surface area contributed by atoms with Gasteiger partial charge in [-0.3, -0.25) is 4.79 Å². The van der Waals surface area contributed by atoms with E-state index >= 15 is 0 Å². The van der Waals surface area contributed by atoms with Gasteiger partial charge in [-0.2, -0.15) is 0 Å². The van der Waals surface area contributed by atoms with Crippen molar-refractivity contribution in [2.45, 2.75) is 38.8 Å². The number of likely N-dealkylation sites (N-methyl/N-ethyl adjacent to an activating group) is 1. The first-order valence-electron chi connectivity index (χ1n) is 7.88. The Morgan fingerprint density at radius 2 is 2.00 bits per heavy atom. The lowest BCUT2D eigenvalue weighted by molar-refractivity contribution is -0.127. The Morgan fingerprint density at radius 3 is 2.62 bits per heavy atom. The number of para-hydroxylation sites is 1. The summed E-state index contributed by atoms with van der Waals surface area (Å²) >= 11 is 0. The van der Waals surface area contributed by atoms with E-state index in [0.717, 1.165) is 19.5 Å². The second-order valence-electron chi connectivity index (χ2n) is 5.99. The smallest absolute Gasteiger partial charge is 0.241 e. The van der Waals surface area contributed by atoms with Crippen molar-refractivity contribution < 1.29 is 4.79 Å². The lowest BCUT2D eigenvalue weighted by Gasteiger charge is -2.27.